The number of para-hydroxylation sites is 1. The second-order valence-electron chi connectivity index (χ2n) is 5.24. The van der Waals surface area contributed by atoms with Crippen LogP contribution in [0.15, 0.2) is 24.3 Å². The Morgan fingerprint density at radius 3 is 2.63 bits per heavy atom. The predicted octanol–water partition coefficient (Wildman–Crippen LogP) is 2.05. The minimum atomic E-state index is -0.463. The number of nitrogens with one attached hydrogen (secondary N) is 1. The fourth-order valence-corrected chi connectivity index (χ4v) is 2.39. The Bertz CT molecular complexity index is 497. The van der Waals surface area contributed by atoms with E-state index < -0.39 is 6.04 Å². The Kier molecular flexibility index (Phi) is 3.88. The zero-order valence-electron chi connectivity index (χ0n) is 11.6. The van der Waals surface area contributed by atoms with Crippen molar-refractivity contribution in [1.29, 1.82) is 0 Å². The van der Waals surface area contributed by atoms with E-state index in [4.69, 9.17) is 0 Å². The van der Waals surface area contributed by atoms with E-state index in [1.54, 1.807) is 11.8 Å². The van der Waals surface area contributed by atoms with Gasteiger partial charge in [-0.25, -0.2) is 0 Å². The van der Waals surface area contributed by atoms with Crippen LogP contribution in [0.2, 0.25) is 0 Å². The van der Waals surface area contributed by atoms with Gasteiger partial charge in [0.05, 0.1) is 0 Å². The summed E-state index contributed by atoms with van der Waals surface area (Å²) >= 11 is 0. The van der Waals surface area contributed by atoms with Crippen LogP contribution in [0.4, 0.5) is 5.69 Å². The summed E-state index contributed by atoms with van der Waals surface area (Å²) in [7, 11) is 0. The van der Waals surface area contributed by atoms with Crippen molar-refractivity contribution in [2.75, 3.05) is 11.4 Å². The molecule has 2 rings (SSSR count). The van der Waals surface area contributed by atoms with Crippen LogP contribution in [0.3, 0.4) is 0 Å². The zero-order valence-corrected chi connectivity index (χ0v) is 11.6. The molecule has 0 aromatic heterocycles. The van der Waals surface area contributed by atoms with Crippen LogP contribution in [-0.2, 0) is 9.59 Å². The molecule has 0 saturated carbocycles. The van der Waals surface area contributed by atoms with E-state index in [0.29, 0.717) is 18.9 Å². The van der Waals surface area contributed by atoms with E-state index in [2.05, 4.69) is 19.2 Å². The lowest BCUT2D eigenvalue weighted by Crippen LogP contribution is -2.43. The number of hydrogen-bond acceptors (Lipinski definition) is 2. The Morgan fingerprint density at radius 1 is 1.26 bits per heavy atom. The van der Waals surface area contributed by atoms with Gasteiger partial charge in [0.1, 0.15) is 6.04 Å². The van der Waals surface area contributed by atoms with Gasteiger partial charge in [-0.2, -0.15) is 0 Å². The molecule has 0 radical (unpaired) electrons. The van der Waals surface area contributed by atoms with Gasteiger partial charge in [-0.1, -0.05) is 32.0 Å². The van der Waals surface area contributed by atoms with Crippen molar-refractivity contribution in [3.63, 3.8) is 0 Å². The SMILES string of the molecule is CC1NC(=O)CCN(c2ccccc2C(C)C)C1=O. The van der Waals surface area contributed by atoms with Crippen molar-refractivity contribution in [3.05, 3.63) is 29.8 Å². The summed E-state index contributed by atoms with van der Waals surface area (Å²) < 4.78 is 0. The molecule has 0 bridgehead atoms. The number of carbonyl (C=O) groups is 2. The van der Waals surface area contributed by atoms with Gasteiger partial charge in [0.2, 0.25) is 11.8 Å². The average molecular weight is 260 g/mol. The van der Waals surface area contributed by atoms with Crippen molar-refractivity contribution in [2.24, 2.45) is 0 Å². The van der Waals surface area contributed by atoms with Gasteiger partial charge in [-0.3, -0.25) is 9.59 Å². The van der Waals surface area contributed by atoms with E-state index in [1.165, 1.54) is 0 Å². The molecule has 1 saturated heterocycles. The van der Waals surface area contributed by atoms with Gasteiger partial charge < -0.3 is 10.2 Å². The molecule has 4 nitrogen and oxygen atoms in total. The maximum absolute atomic E-state index is 12.4. The van der Waals surface area contributed by atoms with Gasteiger partial charge >= 0.3 is 0 Å². The minimum Gasteiger partial charge on any atom is -0.345 e. The average Bonchev–Trinajstić information content (AvgIpc) is 2.50. The minimum absolute atomic E-state index is 0.0426. The molecular weight excluding hydrogens is 240 g/mol. The van der Waals surface area contributed by atoms with E-state index in [0.717, 1.165) is 11.3 Å². The Balaban J connectivity index is 2.39. The molecule has 4 heteroatoms. The lowest BCUT2D eigenvalue weighted by Gasteiger charge is -2.26. The molecule has 1 unspecified atom stereocenters. The molecule has 2 amide bonds. The summed E-state index contributed by atoms with van der Waals surface area (Å²) in [5.41, 5.74) is 2.06. The summed E-state index contributed by atoms with van der Waals surface area (Å²) in [4.78, 5) is 25.7. The Hall–Kier alpha value is -1.84. The maximum Gasteiger partial charge on any atom is 0.249 e. The van der Waals surface area contributed by atoms with Crippen LogP contribution in [0.25, 0.3) is 0 Å². The lowest BCUT2D eigenvalue weighted by molar-refractivity contribution is -0.125. The molecule has 102 valence electrons. The van der Waals surface area contributed by atoms with Crippen molar-refractivity contribution in [1.82, 2.24) is 5.32 Å². The number of carbonyl (C=O) groups excluding carboxylic acids is 2. The largest absolute Gasteiger partial charge is 0.345 e. The second-order valence-corrected chi connectivity index (χ2v) is 5.24. The first kappa shape index (κ1) is 13.6. The molecule has 0 spiro atoms. The Labute approximate surface area is 113 Å². The van der Waals surface area contributed by atoms with E-state index in [-0.39, 0.29) is 11.8 Å². The molecule has 19 heavy (non-hydrogen) atoms. The first-order chi connectivity index (χ1) is 9.00. The molecule has 1 aliphatic heterocycles. The smallest absolute Gasteiger partial charge is 0.249 e. The first-order valence-electron chi connectivity index (χ1n) is 6.70. The normalized spacial score (nSPS) is 20.4. The van der Waals surface area contributed by atoms with Gasteiger partial charge in [0.15, 0.2) is 0 Å². The molecule has 1 aromatic rings. The molecular formula is C15H20N2O2. The number of anilines is 1. The Morgan fingerprint density at radius 2 is 1.95 bits per heavy atom. The van der Waals surface area contributed by atoms with Crippen molar-refractivity contribution < 1.29 is 9.59 Å². The molecule has 1 heterocycles. The predicted molar refractivity (Wildman–Crippen MR) is 75.1 cm³/mol. The highest BCUT2D eigenvalue weighted by atomic mass is 16.2. The molecule has 1 aliphatic rings. The van der Waals surface area contributed by atoms with Crippen molar-refractivity contribution >= 4 is 17.5 Å². The number of amides is 2. The van der Waals surface area contributed by atoms with Gasteiger partial charge in [-0.05, 0) is 24.5 Å². The molecule has 1 N–H and O–H groups in total. The van der Waals surface area contributed by atoms with E-state index in [1.807, 2.05) is 24.3 Å². The summed E-state index contributed by atoms with van der Waals surface area (Å²) in [6.45, 7) is 6.39. The summed E-state index contributed by atoms with van der Waals surface area (Å²) in [5, 5.41) is 2.71. The molecule has 1 fully saturated rings. The fraction of sp³-hybridized carbons (Fsp3) is 0.467. The van der Waals surface area contributed by atoms with Crippen LogP contribution >= 0.6 is 0 Å². The van der Waals surface area contributed by atoms with Crippen molar-refractivity contribution in [3.8, 4) is 0 Å². The number of nitrogens with zero attached hydrogens (tertiary/aromatic N) is 1. The van der Waals surface area contributed by atoms with Gasteiger partial charge in [-0.15, -0.1) is 0 Å². The van der Waals surface area contributed by atoms with Gasteiger partial charge in [0.25, 0.3) is 0 Å². The van der Waals surface area contributed by atoms with Gasteiger partial charge in [0, 0.05) is 18.7 Å². The van der Waals surface area contributed by atoms with Crippen LogP contribution < -0.4 is 10.2 Å². The van der Waals surface area contributed by atoms with Crippen LogP contribution in [0.1, 0.15) is 38.7 Å². The van der Waals surface area contributed by atoms with Crippen LogP contribution in [-0.4, -0.2) is 24.4 Å². The number of rotatable bonds is 2. The maximum atomic E-state index is 12.4. The summed E-state index contributed by atoms with van der Waals surface area (Å²) in [6.07, 6.45) is 0.350. The number of hydrogen-bond donors (Lipinski definition) is 1. The highest BCUT2D eigenvalue weighted by Crippen LogP contribution is 2.28. The third-order valence-electron chi connectivity index (χ3n) is 3.43. The standard InChI is InChI=1S/C15H20N2O2/c1-10(2)12-6-4-5-7-13(12)17-9-8-14(18)16-11(3)15(17)19/h4-7,10-11H,8-9H2,1-3H3,(H,16,18). The number of benzene rings is 1. The molecule has 0 aliphatic carbocycles. The van der Waals surface area contributed by atoms with E-state index >= 15 is 0 Å². The third-order valence-corrected chi connectivity index (χ3v) is 3.43. The fourth-order valence-electron chi connectivity index (χ4n) is 2.39. The van der Waals surface area contributed by atoms with Crippen LogP contribution in [0.5, 0.6) is 0 Å². The molecule has 1 atom stereocenters. The monoisotopic (exact) mass is 260 g/mol. The quantitative estimate of drug-likeness (QED) is 0.884. The highest BCUT2D eigenvalue weighted by molar-refractivity contribution is 6.01. The topological polar surface area (TPSA) is 49.4 Å². The first-order valence-corrected chi connectivity index (χ1v) is 6.70. The zero-order chi connectivity index (χ0) is 14.0. The van der Waals surface area contributed by atoms with Crippen LogP contribution in [0, 0.1) is 0 Å². The highest BCUT2D eigenvalue weighted by Gasteiger charge is 2.28. The third kappa shape index (κ3) is 2.78. The molecule has 1 aromatic carbocycles. The summed E-state index contributed by atoms with van der Waals surface area (Å²) in [5.74, 6) is 0.232. The van der Waals surface area contributed by atoms with E-state index in [9.17, 15) is 9.59 Å². The summed E-state index contributed by atoms with van der Waals surface area (Å²) in [6, 6.07) is 7.44. The second kappa shape index (κ2) is 5.43. The lowest BCUT2D eigenvalue weighted by atomic mass is 10.00. The van der Waals surface area contributed by atoms with Crippen molar-refractivity contribution in [2.45, 2.75) is 39.2 Å².